The normalized spacial score (nSPS) is 24.2. The van der Waals surface area contributed by atoms with E-state index < -0.39 is 0 Å². The Kier molecular flexibility index (Phi) is 4.64. The molecule has 2 nitrogen and oxygen atoms in total. The van der Waals surface area contributed by atoms with E-state index in [-0.39, 0.29) is 0 Å². The van der Waals surface area contributed by atoms with E-state index >= 15 is 0 Å². The molecule has 2 unspecified atom stereocenters. The third kappa shape index (κ3) is 3.59. The largest absolute Gasteiger partial charge is 0.362 e. The second kappa shape index (κ2) is 5.53. The van der Waals surface area contributed by atoms with Gasteiger partial charge >= 0.3 is 0 Å². The van der Waals surface area contributed by atoms with Crippen LogP contribution in [0.5, 0.6) is 0 Å². The Balaban J connectivity index is 2.33. The van der Waals surface area contributed by atoms with E-state index in [1.54, 1.807) is 0 Å². The van der Waals surface area contributed by atoms with Gasteiger partial charge in [-0.25, -0.2) is 0 Å². The number of nitrogens with one attached hydrogen (secondary N) is 1. The molecule has 1 heterocycles. The van der Waals surface area contributed by atoms with Crippen molar-refractivity contribution in [2.24, 2.45) is 4.99 Å². The number of amidine groups is 1. The third-order valence-electron chi connectivity index (χ3n) is 2.26. The smallest absolute Gasteiger partial charge is 0.157 e. The Hall–Kier alpha value is -0.180. The van der Waals surface area contributed by atoms with Gasteiger partial charge in [-0.2, -0.15) is 0 Å². The fourth-order valence-corrected chi connectivity index (χ4v) is 2.43. The maximum absolute atomic E-state index is 4.53. The van der Waals surface area contributed by atoms with E-state index in [2.05, 4.69) is 31.1 Å². The summed E-state index contributed by atoms with van der Waals surface area (Å²) in [6.45, 7) is 6.63. The second-order valence-corrected chi connectivity index (χ2v) is 4.64. The summed E-state index contributed by atoms with van der Waals surface area (Å²) in [4.78, 5) is 4.53. The highest BCUT2D eigenvalue weighted by atomic mass is 32.2. The highest BCUT2D eigenvalue weighted by molar-refractivity contribution is 8.14. The van der Waals surface area contributed by atoms with Crippen LogP contribution in [0.1, 0.15) is 40.0 Å². The van der Waals surface area contributed by atoms with Crippen molar-refractivity contribution < 1.29 is 0 Å². The van der Waals surface area contributed by atoms with Crippen LogP contribution >= 0.6 is 11.8 Å². The second-order valence-electron chi connectivity index (χ2n) is 3.63. The zero-order valence-corrected chi connectivity index (χ0v) is 9.66. The summed E-state index contributed by atoms with van der Waals surface area (Å²) in [6, 6.07) is 1.13. The van der Waals surface area contributed by atoms with E-state index in [0.717, 1.165) is 10.9 Å². The summed E-state index contributed by atoms with van der Waals surface area (Å²) in [5.74, 6) is 1.14. The van der Waals surface area contributed by atoms with E-state index in [9.17, 15) is 0 Å². The zero-order valence-electron chi connectivity index (χ0n) is 8.84. The molecular formula is C10H20N2S. The van der Waals surface area contributed by atoms with Gasteiger partial charge in [-0.15, -0.1) is 0 Å². The lowest BCUT2D eigenvalue weighted by molar-refractivity contribution is 0.539. The summed E-state index contributed by atoms with van der Waals surface area (Å²) in [5, 5.41) is 4.67. The monoisotopic (exact) mass is 200 g/mol. The molecule has 0 bridgehead atoms. The Morgan fingerprint density at radius 2 is 2.38 bits per heavy atom. The number of nitrogens with zero attached hydrogens (tertiary/aromatic N) is 1. The SMILES string of the molecule is CCCC(CC)NC1=NC(C)CS1. The van der Waals surface area contributed by atoms with Crippen LogP contribution in [0.25, 0.3) is 0 Å². The van der Waals surface area contributed by atoms with Crippen molar-refractivity contribution in [1.29, 1.82) is 0 Å². The molecule has 3 heteroatoms. The Morgan fingerprint density at radius 1 is 1.62 bits per heavy atom. The molecule has 0 aromatic carbocycles. The molecule has 0 amide bonds. The van der Waals surface area contributed by atoms with E-state index in [0.29, 0.717) is 12.1 Å². The van der Waals surface area contributed by atoms with Crippen molar-refractivity contribution in [1.82, 2.24) is 5.32 Å². The van der Waals surface area contributed by atoms with Crippen molar-refractivity contribution in [3.63, 3.8) is 0 Å². The zero-order chi connectivity index (χ0) is 9.68. The minimum Gasteiger partial charge on any atom is -0.362 e. The summed E-state index contributed by atoms with van der Waals surface area (Å²) in [5.41, 5.74) is 0. The van der Waals surface area contributed by atoms with Crippen LogP contribution in [-0.2, 0) is 0 Å². The summed E-state index contributed by atoms with van der Waals surface area (Å²) in [7, 11) is 0. The maximum atomic E-state index is 4.53. The maximum Gasteiger partial charge on any atom is 0.157 e. The van der Waals surface area contributed by atoms with Crippen LogP contribution < -0.4 is 5.32 Å². The number of rotatable bonds is 4. The minimum absolute atomic E-state index is 0.506. The molecule has 13 heavy (non-hydrogen) atoms. The molecule has 0 saturated carbocycles. The molecule has 76 valence electrons. The van der Waals surface area contributed by atoms with Crippen LogP contribution in [0.15, 0.2) is 4.99 Å². The molecule has 1 rings (SSSR count). The molecule has 1 aliphatic heterocycles. The van der Waals surface area contributed by atoms with Crippen LogP contribution in [-0.4, -0.2) is 23.0 Å². The first-order chi connectivity index (χ1) is 6.26. The van der Waals surface area contributed by atoms with Crippen molar-refractivity contribution in [3.8, 4) is 0 Å². The average Bonchev–Trinajstić information content (AvgIpc) is 2.50. The fourth-order valence-electron chi connectivity index (χ4n) is 1.45. The molecule has 0 radical (unpaired) electrons. The summed E-state index contributed by atoms with van der Waals surface area (Å²) < 4.78 is 0. The average molecular weight is 200 g/mol. The summed E-state index contributed by atoms with van der Waals surface area (Å²) in [6.07, 6.45) is 3.70. The molecule has 0 saturated heterocycles. The quantitative estimate of drug-likeness (QED) is 0.754. The van der Waals surface area contributed by atoms with Gasteiger partial charge in [-0.05, 0) is 19.8 Å². The lowest BCUT2D eigenvalue weighted by atomic mass is 10.1. The minimum atomic E-state index is 0.506. The van der Waals surface area contributed by atoms with Crippen molar-refractivity contribution in [2.75, 3.05) is 5.75 Å². The van der Waals surface area contributed by atoms with Gasteiger partial charge in [0.15, 0.2) is 5.17 Å². The highest BCUT2D eigenvalue weighted by Gasteiger charge is 2.15. The van der Waals surface area contributed by atoms with E-state index in [4.69, 9.17) is 0 Å². The molecule has 1 aliphatic rings. The lowest BCUT2D eigenvalue weighted by Gasteiger charge is -2.16. The molecule has 0 aliphatic carbocycles. The van der Waals surface area contributed by atoms with Gasteiger partial charge < -0.3 is 5.32 Å². The van der Waals surface area contributed by atoms with Crippen molar-refractivity contribution >= 4 is 16.9 Å². The predicted molar refractivity (Wildman–Crippen MR) is 61.5 cm³/mol. The van der Waals surface area contributed by atoms with Gasteiger partial charge in [0, 0.05) is 11.8 Å². The summed E-state index contributed by atoms with van der Waals surface area (Å²) >= 11 is 1.86. The first-order valence-electron chi connectivity index (χ1n) is 5.23. The molecule has 0 fully saturated rings. The van der Waals surface area contributed by atoms with Gasteiger partial charge in [0.05, 0.1) is 6.04 Å². The van der Waals surface area contributed by atoms with Gasteiger partial charge in [-0.3, -0.25) is 4.99 Å². The number of aliphatic imine (C=N–C) groups is 1. The van der Waals surface area contributed by atoms with Gasteiger partial charge in [0.1, 0.15) is 0 Å². The Labute approximate surface area is 85.6 Å². The van der Waals surface area contributed by atoms with Crippen LogP contribution in [0.4, 0.5) is 0 Å². The molecule has 2 atom stereocenters. The molecule has 0 aromatic rings. The van der Waals surface area contributed by atoms with E-state index in [1.807, 2.05) is 11.8 Å². The lowest BCUT2D eigenvalue weighted by Crippen LogP contribution is -2.31. The predicted octanol–water partition coefficient (Wildman–Crippen LogP) is 2.65. The Morgan fingerprint density at radius 3 is 2.85 bits per heavy atom. The highest BCUT2D eigenvalue weighted by Crippen LogP contribution is 2.17. The standard InChI is InChI=1S/C10H20N2S/c1-4-6-9(5-2)12-10-11-8(3)7-13-10/h8-9H,4-7H2,1-3H3,(H,11,12). The van der Waals surface area contributed by atoms with Crippen LogP contribution in [0, 0.1) is 0 Å². The van der Waals surface area contributed by atoms with Crippen molar-refractivity contribution in [2.45, 2.75) is 52.1 Å². The van der Waals surface area contributed by atoms with Gasteiger partial charge in [0.2, 0.25) is 0 Å². The molecule has 0 aromatic heterocycles. The van der Waals surface area contributed by atoms with Gasteiger partial charge in [-0.1, -0.05) is 32.0 Å². The molecule has 1 N–H and O–H groups in total. The molecular weight excluding hydrogens is 180 g/mol. The third-order valence-corrected chi connectivity index (χ3v) is 3.40. The first kappa shape index (κ1) is 10.9. The van der Waals surface area contributed by atoms with Crippen LogP contribution in [0.2, 0.25) is 0 Å². The van der Waals surface area contributed by atoms with Gasteiger partial charge in [0.25, 0.3) is 0 Å². The number of hydrogen-bond acceptors (Lipinski definition) is 3. The topological polar surface area (TPSA) is 24.4 Å². The first-order valence-corrected chi connectivity index (χ1v) is 6.22. The van der Waals surface area contributed by atoms with E-state index in [1.165, 1.54) is 19.3 Å². The number of hydrogen-bond donors (Lipinski definition) is 1. The number of thioether (sulfide) groups is 1. The van der Waals surface area contributed by atoms with Crippen molar-refractivity contribution in [3.05, 3.63) is 0 Å². The molecule has 0 spiro atoms. The fraction of sp³-hybridized carbons (Fsp3) is 0.900. The van der Waals surface area contributed by atoms with Crippen LogP contribution in [0.3, 0.4) is 0 Å². The Bertz CT molecular complexity index is 180.